The smallest absolute Gasteiger partial charge is 0.326 e. The molecule has 0 radical (unpaired) electrons. The standard InChI is InChI=1S/C16H13FN2O5/c17-12-7-3-2-6-11(12)15(20)18-13(16(21)22)9-10-5-1-4-8-14(10)19(23)24/h1-8,13H,9H2,(H,18,20)(H,21,22)/t13-/m0/s1. The maximum Gasteiger partial charge on any atom is 0.326 e. The molecule has 24 heavy (non-hydrogen) atoms. The number of hydrogen-bond acceptors (Lipinski definition) is 4. The molecule has 0 aromatic heterocycles. The zero-order chi connectivity index (χ0) is 17.7. The molecule has 0 saturated carbocycles. The summed E-state index contributed by atoms with van der Waals surface area (Å²) in [6.45, 7) is 0. The fourth-order valence-corrected chi connectivity index (χ4v) is 2.16. The van der Waals surface area contributed by atoms with Crippen molar-refractivity contribution in [1.82, 2.24) is 5.32 Å². The van der Waals surface area contributed by atoms with E-state index in [9.17, 15) is 29.2 Å². The first-order valence-corrected chi connectivity index (χ1v) is 6.90. The van der Waals surface area contributed by atoms with Gasteiger partial charge in [0.1, 0.15) is 11.9 Å². The molecule has 0 bridgehead atoms. The first kappa shape index (κ1) is 17.1. The van der Waals surface area contributed by atoms with Crippen molar-refractivity contribution in [3.05, 3.63) is 75.6 Å². The number of carbonyl (C=O) groups is 2. The van der Waals surface area contributed by atoms with E-state index in [0.29, 0.717) is 0 Å². The summed E-state index contributed by atoms with van der Waals surface area (Å²) in [5, 5.41) is 22.4. The summed E-state index contributed by atoms with van der Waals surface area (Å²) in [5.41, 5.74) is -0.390. The van der Waals surface area contributed by atoms with Crippen LogP contribution in [0.15, 0.2) is 48.5 Å². The van der Waals surface area contributed by atoms with Crippen molar-refractivity contribution in [1.29, 1.82) is 0 Å². The predicted molar refractivity (Wildman–Crippen MR) is 82.1 cm³/mol. The van der Waals surface area contributed by atoms with E-state index in [4.69, 9.17) is 0 Å². The monoisotopic (exact) mass is 332 g/mol. The molecule has 7 nitrogen and oxygen atoms in total. The number of benzene rings is 2. The molecule has 2 N–H and O–H groups in total. The van der Waals surface area contributed by atoms with E-state index in [2.05, 4.69) is 5.32 Å². The van der Waals surface area contributed by atoms with Gasteiger partial charge >= 0.3 is 5.97 Å². The molecular formula is C16H13FN2O5. The Labute approximate surface area is 135 Å². The number of carboxylic acids is 1. The first-order chi connectivity index (χ1) is 11.4. The fourth-order valence-electron chi connectivity index (χ4n) is 2.16. The molecule has 0 heterocycles. The van der Waals surface area contributed by atoms with Crippen LogP contribution in [0.2, 0.25) is 0 Å². The lowest BCUT2D eigenvalue weighted by Crippen LogP contribution is -2.42. The van der Waals surface area contributed by atoms with E-state index in [1.165, 1.54) is 42.5 Å². The average molecular weight is 332 g/mol. The Kier molecular flexibility index (Phi) is 5.20. The van der Waals surface area contributed by atoms with Gasteiger partial charge in [0.25, 0.3) is 11.6 Å². The minimum Gasteiger partial charge on any atom is -0.480 e. The number of amides is 1. The normalized spacial score (nSPS) is 11.5. The van der Waals surface area contributed by atoms with Crippen molar-refractivity contribution >= 4 is 17.6 Å². The number of halogens is 1. The summed E-state index contributed by atoms with van der Waals surface area (Å²) in [4.78, 5) is 33.8. The lowest BCUT2D eigenvalue weighted by molar-refractivity contribution is -0.385. The van der Waals surface area contributed by atoms with Crippen LogP contribution < -0.4 is 5.32 Å². The van der Waals surface area contributed by atoms with Crippen molar-refractivity contribution in [3.63, 3.8) is 0 Å². The Balaban J connectivity index is 2.22. The van der Waals surface area contributed by atoms with Crippen LogP contribution in [0, 0.1) is 15.9 Å². The maximum atomic E-state index is 13.6. The molecule has 0 aliphatic carbocycles. The van der Waals surface area contributed by atoms with E-state index in [1.807, 2.05) is 0 Å². The van der Waals surface area contributed by atoms with Crippen molar-refractivity contribution in [2.45, 2.75) is 12.5 Å². The van der Waals surface area contributed by atoms with Crippen molar-refractivity contribution in [2.24, 2.45) is 0 Å². The average Bonchev–Trinajstić information content (AvgIpc) is 2.54. The number of carboxylic acid groups (broad SMARTS) is 1. The van der Waals surface area contributed by atoms with Crippen LogP contribution in [0.1, 0.15) is 15.9 Å². The number of nitrogens with one attached hydrogen (secondary N) is 1. The van der Waals surface area contributed by atoms with E-state index in [-0.39, 0.29) is 23.2 Å². The molecule has 0 aliphatic rings. The second kappa shape index (κ2) is 7.32. The number of nitro benzene ring substituents is 1. The second-order valence-electron chi connectivity index (χ2n) is 4.93. The highest BCUT2D eigenvalue weighted by atomic mass is 19.1. The zero-order valence-electron chi connectivity index (χ0n) is 12.3. The van der Waals surface area contributed by atoms with Crippen LogP contribution in [0.25, 0.3) is 0 Å². The van der Waals surface area contributed by atoms with Crippen molar-refractivity contribution in [3.8, 4) is 0 Å². The van der Waals surface area contributed by atoms with E-state index in [0.717, 1.165) is 6.07 Å². The van der Waals surface area contributed by atoms with Crippen LogP contribution >= 0.6 is 0 Å². The van der Waals surface area contributed by atoms with Crippen LogP contribution in [-0.4, -0.2) is 27.9 Å². The summed E-state index contributed by atoms with van der Waals surface area (Å²) >= 11 is 0. The number of nitrogens with zero attached hydrogens (tertiary/aromatic N) is 1. The van der Waals surface area contributed by atoms with Gasteiger partial charge in [0.05, 0.1) is 10.5 Å². The summed E-state index contributed by atoms with van der Waals surface area (Å²) < 4.78 is 13.6. The number of hydrogen-bond donors (Lipinski definition) is 2. The van der Waals surface area contributed by atoms with Crippen LogP contribution in [0.5, 0.6) is 0 Å². The molecule has 2 rings (SSSR count). The summed E-state index contributed by atoms with van der Waals surface area (Å²) in [5.74, 6) is -3.07. The van der Waals surface area contributed by atoms with Gasteiger partial charge in [-0.25, -0.2) is 9.18 Å². The molecule has 2 aromatic rings. The minimum absolute atomic E-state index is 0.156. The number of para-hydroxylation sites is 1. The first-order valence-electron chi connectivity index (χ1n) is 6.90. The van der Waals surface area contributed by atoms with Crippen LogP contribution in [0.3, 0.4) is 0 Å². The summed E-state index contributed by atoms with van der Waals surface area (Å²) in [7, 11) is 0. The van der Waals surface area contributed by atoms with Gasteiger partial charge < -0.3 is 10.4 Å². The largest absolute Gasteiger partial charge is 0.480 e. The van der Waals surface area contributed by atoms with E-state index < -0.39 is 28.7 Å². The molecule has 1 amide bonds. The third kappa shape index (κ3) is 3.92. The number of carbonyl (C=O) groups excluding carboxylic acids is 1. The topological polar surface area (TPSA) is 110 Å². The highest BCUT2D eigenvalue weighted by Crippen LogP contribution is 2.19. The predicted octanol–water partition coefficient (Wildman–Crippen LogP) is 2.16. The van der Waals surface area contributed by atoms with Gasteiger partial charge in [0.2, 0.25) is 0 Å². The van der Waals surface area contributed by atoms with Gasteiger partial charge in [-0.15, -0.1) is 0 Å². The third-order valence-corrected chi connectivity index (χ3v) is 3.33. The molecular weight excluding hydrogens is 319 g/mol. The second-order valence-corrected chi connectivity index (χ2v) is 4.93. The Hall–Kier alpha value is -3.29. The molecule has 1 atom stereocenters. The molecule has 0 spiro atoms. The SMILES string of the molecule is O=C(N[C@@H](Cc1ccccc1[N+](=O)[O-])C(=O)O)c1ccccc1F. The maximum absolute atomic E-state index is 13.6. The Bertz CT molecular complexity index is 794. The van der Waals surface area contributed by atoms with E-state index in [1.54, 1.807) is 0 Å². The van der Waals surface area contributed by atoms with Gasteiger partial charge in [0, 0.05) is 18.1 Å². The minimum atomic E-state index is -1.43. The van der Waals surface area contributed by atoms with Gasteiger partial charge in [-0.3, -0.25) is 14.9 Å². The van der Waals surface area contributed by atoms with Gasteiger partial charge in [-0.1, -0.05) is 30.3 Å². The molecule has 8 heteroatoms. The van der Waals surface area contributed by atoms with E-state index >= 15 is 0 Å². The molecule has 2 aromatic carbocycles. The quantitative estimate of drug-likeness (QED) is 0.622. The summed E-state index contributed by atoms with van der Waals surface area (Å²) in [6, 6.07) is 9.33. The van der Waals surface area contributed by atoms with Crippen molar-refractivity contribution < 1.29 is 24.0 Å². The van der Waals surface area contributed by atoms with Gasteiger partial charge in [-0.2, -0.15) is 0 Å². The third-order valence-electron chi connectivity index (χ3n) is 3.33. The van der Waals surface area contributed by atoms with Crippen molar-refractivity contribution in [2.75, 3.05) is 0 Å². The molecule has 0 fully saturated rings. The fraction of sp³-hybridized carbons (Fsp3) is 0.125. The number of aliphatic carboxylic acids is 1. The lowest BCUT2D eigenvalue weighted by atomic mass is 10.0. The Morgan fingerprint density at radius 1 is 1.17 bits per heavy atom. The van der Waals surface area contributed by atoms with Gasteiger partial charge in [-0.05, 0) is 12.1 Å². The highest BCUT2D eigenvalue weighted by Gasteiger charge is 2.25. The lowest BCUT2D eigenvalue weighted by Gasteiger charge is -2.15. The molecule has 0 aliphatic heterocycles. The summed E-state index contributed by atoms with van der Waals surface area (Å²) in [6.07, 6.45) is -0.299. The number of rotatable bonds is 6. The molecule has 124 valence electrons. The van der Waals surface area contributed by atoms with Crippen LogP contribution in [0.4, 0.5) is 10.1 Å². The molecule has 0 saturated heterocycles. The zero-order valence-corrected chi connectivity index (χ0v) is 12.3. The molecule has 0 unspecified atom stereocenters. The van der Waals surface area contributed by atoms with Gasteiger partial charge in [0.15, 0.2) is 0 Å². The Morgan fingerprint density at radius 3 is 2.42 bits per heavy atom. The highest BCUT2D eigenvalue weighted by molar-refractivity contribution is 5.96. The number of nitro groups is 1. The van der Waals surface area contributed by atoms with Crippen LogP contribution in [-0.2, 0) is 11.2 Å². The Morgan fingerprint density at radius 2 is 1.79 bits per heavy atom.